The first-order chi connectivity index (χ1) is 8.02. The number of carbonyl (C=O) groups excluding carboxylic acids is 2. The number of hydrogen-bond donors (Lipinski definition) is 2. The van der Waals surface area contributed by atoms with Gasteiger partial charge in [-0.05, 0) is 11.3 Å². The Morgan fingerprint density at radius 2 is 2.35 bits per heavy atom. The van der Waals surface area contributed by atoms with Crippen molar-refractivity contribution >= 4 is 33.5 Å². The molecule has 92 valence electrons. The fraction of sp³-hybridized carbons (Fsp3) is 0.286. The van der Waals surface area contributed by atoms with Gasteiger partial charge >= 0.3 is 11.1 Å². The number of aromatic nitrogens is 1. The van der Waals surface area contributed by atoms with Crippen molar-refractivity contribution in [2.75, 3.05) is 19.0 Å². The maximum atomic E-state index is 11.1. The van der Waals surface area contributed by atoms with Crippen molar-refractivity contribution in [3.63, 3.8) is 0 Å². The average molecular weight is 260 g/mol. The number of imide groups is 1. The molecule has 2 amide bonds. The zero-order chi connectivity index (χ0) is 12.8. The van der Waals surface area contributed by atoms with E-state index in [4.69, 9.17) is 0 Å². The summed E-state index contributed by atoms with van der Waals surface area (Å²) in [7, 11) is 1.13. The molecule has 10 heteroatoms. The number of amides is 2. The van der Waals surface area contributed by atoms with Crippen molar-refractivity contribution in [3.8, 4) is 0 Å². The van der Waals surface area contributed by atoms with Crippen LogP contribution in [0.5, 0.6) is 0 Å². The van der Waals surface area contributed by atoms with Crippen molar-refractivity contribution in [1.29, 1.82) is 0 Å². The summed E-state index contributed by atoms with van der Waals surface area (Å²) in [4.78, 5) is 35.2. The third kappa shape index (κ3) is 4.03. The molecule has 9 nitrogen and oxygen atoms in total. The smallest absolute Gasteiger partial charge is 0.413 e. The number of methoxy groups -OCH3 is 1. The van der Waals surface area contributed by atoms with Gasteiger partial charge < -0.3 is 10.1 Å². The lowest BCUT2D eigenvalue weighted by molar-refractivity contribution is -0.380. The fourth-order valence-electron chi connectivity index (χ4n) is 0.797. The molecule has 0 saturated carbocycles. The van der Waals surface area contributed by atoms with Crippen LogP contribution in [0.1, 0.15) is 0 Å². The van der Waals surface area contributed by atoms with Crippen molar-refractivity contribution in [2.45, 2.75) is 0 Å². The van der Waals surface area contributed by atoms with E-state index < -0.39 is 16.9 Å². The molecule has 17 heavy (non-hydrogen) atoms. The van der Waals surface area contributed by atoms with Crippen molar-refractivity contribution < 1.29 is 19.2 Å². The second-order valence-corrected chi connectivity index (χ2v) is 3.66. The number of carbonyl (C=O) groups is 2. The van der Waals surface area contributed by atoms with Gasteiger partial charge in [0.1, 0.15) is 6.20 Å². The minimum atomic E-state index is -0.873. The summed E-state index contributed by atoms with van der Waals surface area (Å²) in [6.45, 7) is -0.236. The first-order valence-electron chi connectivity index (χ1n) is 4.25. The molecule has 0 aliphatic rings. The van der Waals surface area contributed by atoms with Gasteiger partial charge in [-0.25, -0.2) is 9.78 Å². The Balaban J connectivity index is 2.42. The van der Waals surface area contributed by atoms with E-state index in [0.717, 1.165) is 24.6 Å². The summed E-state index contributed by atoms with van der Waals surface area (Å²) >= 11 is 0.790. The summed E-state index contributed by atoms with van der Waals surface area (Å²) in [5.41, 5.74) is 0. The summed E-state index contributed by atoms with van der Waals surface area (Å²) < 4.78 is 4.21. The van der Waals surface area contributed by atoms with Crippen LogP contribution in [-0.2, 0) is 9.53 Å². The van der Waals surface area contributed by atoms with Crippen molar-refractivity contribution in [1.82, 2.24) is 10.3 Å². The highest BCUT2D eigenvalue weighted by Gasteiger charge is 2.12. The van der Waals surface area contributed by atoms with Gasteiger partial charge in [-0.15, -0.1) is 0 Å². The Kier molecular flexibility index (Phi) is 4.34. The van der Waals surface area contributed by atoms with Crippen LogP contribution in [0.2, 0.25) is 0 Å². The van der Waals surface area contributed by atoms with Gasteiger partial charge in [-0.2, -0.15) is 0 Å². The predicted octanol–water partition coefficient (Wildman–Crippen LogP) is 0.346. The van der Waals surface area contributed by atoms with Crippen LogP contribution in [-0.4, -0.2) is 35.6 Å². The number of nitrogens with one attached hydrogen (secondary N) is 2. The number of hydrogen-bond acceptors (Lipinski definition) is 8. The van der Waals surface area contributed by atoms with E-state index in [0.29, 0.717) is 0 Å². The lowest BCUT2D eigenvalue weighted by Crippen LogP contribution is -2.34. The number of ether oxygens (including phenoxy) is 1. The molecule has 0 aliphatic heterocycles. The molecule has 0 unspecified atom stereocenters. The predicted molar refractivity (Wildman–Crippen MR) is 57.8 cm³/mol. The molecule has 0 fully saturated rings. The largest absolute Gasteiger partial charge is 0.453 e. The normalized spacial score (nSPS) is 9.47. The first kappa shape index (κ1) is 12.8. The SMILES string of the molecule is COC(=O)NC(=O)CNc1ncc([N+](=O)[O-])s1. The molecule has 0 spiro atoms. The van der Waals surface area contributed by atoms with E-state index >= 15 is 0 Å². The first-order valence-corrected chi connectivity index (χ1v) is 5.06. The van der Waals surface area contributed by atoms with Gasteiger partial charge in [-0.1, -0.05) is 0 Å². The zero-order valence-electron chi connectivity index (χ0n) is 8.63. The van der Waals surface area contributed by atoms with Gasteiger partial charge in [0.2, 0.25) is 5.91 Å². The van der Waals surface area contributed by atoms with Crippen LogP contribution in [0.4, 0.5) is 14.9 Å². The van der Waals surface area contributed by atoms with Gasteiger partial charge in [0.15, 0.2) is 5.13 Å². The van der Waals surface area contributed by atoms with Gasteiger partial charge in [0, 0.05) is 0 Å². The second-order valence-electron chi connectivity index (χ2n) is 2.65. The van der Waals surface area contributed by atoms with Crippen LogP contribution in [0.3, 0.4) is 0 Å². The van der Waals surface area contributed by atoms with E-state index in [-0.39, 0.29) is 16.7 Å². The van der Waals surface area contributed by atoms with E-state index in [1.807, 2.05) is 5.32 Å². The summed E-state index contributed by atoms with van der Waals surface area (Å²) in [5, 5.41) is 14.9. The standard InChI is InChI=1S/C7H8N4O5S/c1-16-7(13)10-4(12)2-8-6-9-3-5(17-6)11(14)15/h3H,2H2,1H3,(H,8,9)(H,10,12,13). The number of alkyl carbamates (subject to hydrolysis) is 1. The Bertz CT molecular complexity index is 445. The summed E-state index contributed by atoms with van der Waals surface area (Å²) in [5.74, 6) is -0.630. The molecule has 0 radical (unpaired) electrons. The van der Waals surface area contributed by atoms with E-state index in [9.17, 15) is 19.7 Å². The van der Waals surface area contributed by atoms with Crippen LogP contribution in [0.15, 0.2) is 6.20 Å². The molecule has 0 atom stereocenters. The number of rotatable bonds is 4. The molecule has 1 aromatic heterocycles. The molecule has 1 aromatic rings. The number of nitrogens with zero attached hydrogens (tertiary/aromatic N) is 2. The Hall–Kier alpha value is -2.23. The highest BCUT2D eigenvalue weighted by molar-refractivity contribution is 7.18. The Morgan fingerprint density at radius 3 is 2.88 bits per heavy atom. The van der Waals surface area contributed by atoms with Crippen LogP contribution < -0.4 is 10.6 Å². The highest BCUT2D eigenvalue weighted by atomic mass is 32.1. The topological polar surface area (TPSA) is 123 Å². The van der Waals surface area contributed by atoms with E-state index in [2.05, 4.69) is 15.0 Å². The Morgan fingerprint density at radius 1 is 1.65 bits per heavy atom. The monoisotopic (exact) mass is 260 g/mol. The minimum absolute atomic E-state index is 0.138. The zero-order valence-corrected chi connectivity index (χ0v) is 9.44. The molecule has 0 bridgehead atoms. The molecule has 1 rings (SSSR count). The lowest BCUT2D eigenvalue weighted by atomic mass is 10.6. The third-order valence-corrected chi connectivity index (χ3v) is 2.41. The maximum Gasteiger partial charge on any atom is 0.413 e. The van der Waals surface area contributed by atoms with Gasteiger partial charge in [0.25, 0.3) is 0 Å². The fourth-order valence-corrected chi connectivity index (χ4v) is 1.42. The molecule has 0 aromatic carbocycles. The molecule has 2 N–H and O–H groups in total. The van der Waals surface area contributed by atoms with Crippen molar-refractivity contribution in [2.24, 2.45) is 0 Å². The van der Waals surface area contributed by atoms with Crippen LogP contribution >= 0.6 is 11.3 Å². The maximum absolute atomic E-state index is 11.1. The summed E-state index contributed by atoms with van der Waals surface area (Å²) in [6, 6.07) is 0. The minimum Gasteiger partial charge on any atom is -0.453 e. The summed E-state index contributed by atoms with van der Waals surface area (Å²) in [6.07, 6.45) is 0.201. The Labute approximate surface area is 98.9 Å². The van der Waals surface area contributed by atoms with Gasteiger partial charge in [0.05, 0.1) is 18.6 Å². The number of nitro groups is 1. The van der Waals surface area contributed by atoms with E-state index in [1.165, 1.54) is 0 Å². The number of thiazole rings is 1. The average Bonchev–Trinajstić information content (AvgIpc) is 2.75. The van der Waals surface area contributed by atoms with Crippen molar-refractivity contribution in [3.05, 3.63) is 16.3 Å². The van der Waals surface area contributed by atoms with Gasteiger partial charge in [-0.3, -0.25) is 20.2 Å². The second kappa shape index (κ2) is 5.75. The molecular formula is C7H8N4O5S. The molecule has 0 aliphatic carbocycles. The highest BCUT2D eigenvalue weighted by Crippen LogP contribution is 2.24. The quantitative estimate of drug-likeness (QED) is 0.591. The lowest BCUT2D eigenvalue weighted by Gasteiger charge is -2.02. The van der Waals surface area contributed by atoms with E-state index in [1.54, 1.807) is 0 Å². The molecule has 1 heterocycles. The molecular weight excluding hydrogens is 252 g/mol. The molecule has 0 saturated heterocycles. The third-order valence-electron chi connectivity index (χ3n) is 1.50. The number of anilines is 1. The van der Waals surface area contributed by atoms with Crippen LogP contribution in [0, 0.1) is 10.1 Å². The van der Waals surface area contributed by atoms with Crippen LogP contribution in [0.25, 0.3) is 0 Å².